The molecule has 3 atom stereocenters. The van der Waals surface area contributed by atoms with Gasteiger partial charge in [-0.05, 0) is 37.2 Å². The minimum absolute atomic E-state index is 0.197. The van der Waals surface area contributed by atoms with Crippen molar-refractivity contribution in [2.75, 3.05) is 5.32 Å². The number of aryl methyl sites for hydroxylation is 2. The fraction of sp³-hybridized carbons (Fsp3) is 0.444. The van der Waals surface area contributed by atoms with Crippen LogP contribution in [0.2, 0.25) is 0 Å². The van der Waals surface area contributed by atoms with Crippen LogP contribution >= 0.6 is 0 Å². The number of hydrogen-bond donors (Lipinski definition) is 2. The Labute approximate surface area is 131 Å². The largest absolute Gasteiger partial charge is 0.393 e. The Morgan fingerprint density at radius 1 is 1.14 bits per heavy atom. The monoisotopic (exact) mass is 297 g/mol. The van der Waals surface area contributed by atoms with Crippen molar-refractivity contribution in [2.24, 2.45) is 5.92 Å². The summed E-state index contributed by atoms with van der Waals surface area (Å²) in [6, 6.07) is 12.8. The highest BCUT2D eigenvalue weighted by Crippen LogP contribution is 2.27. The van der Waals surface area contributed by atoms with Crippen LogP contribution in [0.15, 0.2) is 42.7 Å². The van der Waals surface area contributed by atoms with Crippen LogP contribution in [0, 0.1) is 5.92 Å². The molecule has 2 aromatic rings. The van der Waals surface area contributed by atoms with E-state index in [1.54, 1.807) is 6.33 Å². The van der Waals surface area contributed by atoms with Gasteiger partial charge in [-0.1, -0.05) is 37.3 Å². The summed E-state index contributed by atoms with van der Waals surface area (Å²) in [6.07, 6.45) is 5.10. The molecule has 1 heterocycles. The second kappa shape index (κ2) is 6.88. The fourth-order valence-corrected chi connectivity index (χ4v) is 3.08. The highest BCUT2D eigenvalue weighted by molar-refractivity contribution is 5.36. The number of benzene rings is 1. The zero-order chi connectivity index (χ0) is 15.4. The van der Waals surface area contributed by atoms with Gasteiger partial charge in [-0.15, -0.1) is 0 Å². The van der Waals surface area contributed by atoms with Gasteiger partial charge in [0.15, 0.2) is 0 Å². The number of aliphatic hydroxyl groups is 1. The van der Waals surface area contributed by atoms with E-state index in [1.165, 1.54) is 5.56 Å². The minimum Gasteiger partial charge on any atom is -0.393 e. The predicted molar refractivity (Wildman–Crippen MR) is 87.7 cm³/mol. The van der Waals surface area contributed by atoms with Crippen molar-refractivity contribution in [3.63, 3.8) is 0 Å². The number of nitrogens with zero attached hydrogens (tertiary/aromatic N) is 2. The molecule has 3 rings (SSSR count). The van der Waals surface area contributed by atoms with Crippen LogP contribution in [-0.4, -0.2) is 27.2 Å². The third-order valence-electron chi connectivity index (χ3n) is 4.43. The van der Waals surface area contributed by atoms with Crippen molar-refractivity contribution in [3.05, 3.63) is 54.0 Å². The van der Waals surface area contributed by atoms with Crippen LogP contribution < -0.4 is 5.32 Å². The van der Waals surface area contributed by atoms with Gasteiger partial charge in [0.05, 0.1) is 6.10 Å². The van der Waals surface area contributed by atoms with E-state index in [0.29, 0.717) is 12.0 Å². The van der Waals surface area contributed by atoms with Gasteiger partial charge >= 0.3 is 0 Å². The molecule has 0 saturated heterocycles. The first kappa shape index (κ1) is 15.0. The van der Waals surface area contributed by atoms with Crippen LogP contribution in [0.4, 0.5) is 5.82 Å². The predicted octanol–water partition coefficient (Wildman–Crippen LogP) is 2.83. The molecule has 0 aliphatic heterocycles. The number of anilines is 1. The molecule has 0 amide bonds. The summed E-state index contributed by atoms with van der Waals surface area (Å²) in [7, 11) is 0. The van der Waals surface area contributed by atoms with E-state index in [2.05, 4.69) is 46.5 Å². The highest BCUT2D eigenvalue weighted by atomic mass is 16.3. The Bertz CT molecular complexity index is 592. The maximum absolute atomic E-state index is 9.84. The molecule has 4 heteroatoms. The van der Waals surface area contributed by atoms with Gasteiger partial charge in [0.1, 0.15) is 12.1 Å². The topological polar surface area (TPSA) is 58.0 Å². The number of rotatable bonds is 5. The lowest BCUT2D eigenvalue weighted by atomic mass is 10.1. The molecule has 0 unspecified atom stereocenters. The van der Waals surface area contributed by atoms with Gasteiger partial charge in [-0.25, -0.2) is 9.97 Å². The van der Waals surface area contributed by atoms with E-state index in [4.69, 9.17) is 0 Å². The zero-order valence-electron chi connectivity index (χ0n) is 12.9. The molecule has 1 aliphatic rings. The quantitative estimate of drug-likeness (QED) is 0.891. The molecule has 1 aliphatic carbocycles. The minimum atomic E-state index is -0.197. The number of aliphatic hydroxyl groups excluding tert-OH is 1. The maximum Gasteiger partial charge on any atom is 0.129 e. The summed E-state index contributed by atoms with van der Waals surface area (Å²) in [5, 5.41) is 13.3. The van der Waals surface area contributed by atoms with Gasteiger partial charge in [0, 0.05) is 17.8 Å². The first-order chi connectivity index (χ1) is 10.7. The number of aromatic nitrogens is 2. The standard InChI is InChI=1S/C18H23N3O/c1-13-9-16(10-17(13)22)21-18-11-15(19-12-20-18)8-7-14-5-3-2-4-6-14/h2-6,11-13,16-17,22H,7-10H2,1H3,(H,19,20,21)/t13-,16+,17+/m0/s1. The summed E-state index contributed by atoms with van der Waals surface area (Å²) in [4.78, 5) is 8.66. The van der Waals surface area contributed by atoms with Crippen LogP contribution in [0.25, 0.3) is 0 Å². The summed E-state index contributed by atoms with van der Waals surface area (Å²) in [6.45, 7) is 2.09. The lowest BCUT2D eigenvalue weighted by molar-refractivity contribution is 0.141. The van der Waals surface area contributed by atoms with Crippen molar-refractivity contribution in [3.8, 4) is 0 Å². The van der Waals surface area contributed by atoms with Gasteiger partial charge < -0.3 is 10.4 Å². The van der Waals surface area contributed by atoms with Crippen molar-refractivity contribution < 1.29 is 5.11 Å². The van der Waals surface area contributed by atoms with Gasteiger partial charge in [-0.2, -0.15) is 0 Å². The Kier molecular flexibility index (Phi) is 4.68. The molecule has 1 saturated carbocycles. The molecule has 4 nitrogen and oxygen atoms in total. The molecule has 22 heavy (non-hydrogen) atoms. The van der Waals surface area contributed by atoms with Gasteiger partial charge in [0.25, 0.3) is 0 Å². The second-order valence-electron chi connectivity index (χ2n) is 6.24. The first-order valence-electron chi connectivity index (χ1n) is 8.00. The molecule has 1 fully saturated rings. The average molecular weight is 297 g/mol. The fourth-order valence-electron chi connectivity index (χ4n) is 3.08. The lowest BCUT2D eigenvalue weighted by Gasteiger charge is -2.13. The Morgan fingerprint density at radius 3 is 2.68 bits per heavy atom. The molecule has 0 spiro atoms. The summed E-state index contributed by atoms with van der Waals surface area (Å²) >= 11 is 0. The van der Waals surface area contributed by atoms with Gasteiger partial charge in [-0.3, -0.25) is 0 Å². The highest BCUT2D eigenvalue weighted by Gasteiger charge is 2.29. The first-order valence-corrected chi connectivity index (χ1v) is 8.00. The molecular weight excluding hydrogens is 274 g/mol. The van der Waals surface area contributed by atoms with Crippen LogP contribution in [0.5, 0.6) is 0 Å². The van der Waals surface area contributed by atoms with Crippen molar-refractivity contribution in [1.82, 2.24) is 9.97 Å². The third-order valence-corrected chi connectivity index (χ3v) is 4.43. The SMILES string of the molecule is C[C@H]1C[C@@H](Nc2cc(CCc3ccccc3)ncn2)C[C@H]1O. The Hall–Kier alpha value is -1.94. The van der Waals surface area contributed by atoms with Crippen molar-refractivity contribution in [1.29, 1.82) is 0 Å². The number of nitrogens with one attached hydrogen (secondary N) is 1. The summed E-state index contributed by atoms with van der Waals surface area (Å²) in [5.41, 5.74) is 2.37. The molecule has 1 aromatic heterocycles. The normalized spacial score (nSPS) is 24.4. The Morgan fingerprint density at radius 2 is 1.95 bits per heavy atom. The molecule has 1 aromatic carbocycles. The van der Waals surface area contributed by atoms with E-state index < -0.39 is 0 Å². The smallest absolute Gasteiger partial charge is 0.129 e. The van der Waals surface area contributed by atoms with Crippen LogP contribution in [0.3, 0.4) is 0 Å². The molecule has 0 bridgehead atoms. The van der Waals surface area contributed by atoms with Crippen molar-refractivity contribution >= 4 is 5.82 Å². The Balaban J connectivity index is 1.58. The summed E-state index contributed by atoms with van der Waals surface area (Å²) < 4.78 is 0. The van der Waals surface area contributed by atoms with Crippen LogP contribution in [0.1, 0.15) is 31.0 Å². The van der Waals surface area contributed by atoms with E-state index in [9.17, 15) is 5.11 Å². The lowest BCUT2D eigenvalue weighted by Crippen LogP contribution is -2.17. The van der Waals surface area contributed by atoms with E-state index in [0.717, 1.165) is 37.2 Å². The van der Waals surface area contributed by atoms with E-state index in [1.807, 2.05) is 12.1 Å². The molecular formula is C18H23N3O. The maximum atomic E-state index is 9.84. The van der Waals surface area contributed by atoms with Gasteiger partial charge in [0.2, 0.25) is 0 Å². The molecule has 0 radical (unpaired) electrons. The average Bonchev–Trinajstić information content (AvgIpc) is 2.84. The molecule has 2 N–H and O–H groups in total. The third kappa shape index (κ3) is 3.83. The van der Waals surface area contributed by atoms with E-state index in [-0.39, 0.29) is 6.10 Å². The molecule has 116 valence electrons. The van der Waals surface area contributed by atoms with Crippen LogP contribution in [-0.2, 0) is 12.8 Å². The zero-order valence-corrected chi connectivity index (χ0v) is 12.9. The van der Waals surface area contributed by atoms with Crippen molar-refractivity contribution in [2.45, 2.75) is 44.8 Å². The number of hydrogen-bond acceptors (Lipinski definition) is 4. The second-order valence-corrected chi connectivity index (χ2v) is 6.24. The van der Waals surface area contributed by atoms with E-state index >= 15 is 0 Å². The summed E-state index contributed by atoms with van der Waals surface area (Å²) in [5.74, 6) is 1.22.